The largest absolute Gasteiger partial charge is 0.493 e. The van der Waals surface area contributed by atoms with E-state index in [1.165, 1.54) is 0 Å². The van der Waals surface area contributed by atoms with Crippen molar-refractivity contribution in [3.63, 3.8) is 0 Å². The number of hydrogen-bond donors (Lipinski definition) is 1. The molecule has 2 fully saturated rings. The normalized spacial score (nSPS) is 22.4. The maximum absolute atomic E-state index is 12.6. The van der Waals surface area contributed by atoms with Crippen LogP contribution in [0.3, 0.4) is 0 Å². The fourth-order valence-corrected chi connectivity index (χ4v) is 3.98. The standard InChI is InChI=1S/C21H29N5O3.ClH/c1-25-12-10-22-14-18(25)20-23-21(29-24-20)16-6-5-11-26(15-16)19(27)9-13-28-17-7-3-2-4-8-17;/h2-4,7-8,16,18,22H,5-6,9-15H2,1H3;1H. The van der Waals surface area contributed by atoms with Gasteiger partial charge >= 0.3 is 0 Å². The van der Waals surface area contributed by atoms with Crippen LogP contribution in [0.25, 0.3) is 0 Å². The Labute approximate surface area is 183 Å². The zero-order valence-electron chi connectivity index (χ0n) is 17.3. The molecular weight excluding hydrogens is 406 g/mol. The van der Waals surface area contributed by atoms with E-state index in [-0.39, 0.29) is 30.3 Å². The number of likely N-dealkylation sites (N-methyl/N-ethyl adjacent to an activating group) is 1. The molecule has 1 amide bonds. The van der Waals surface area contributed by atoms with Crippen molar-refractivity contribution < 1.29 is 14.1 Å². The zero-order valence-corrected chi connectivity index (χ0v) is 18.1. The molecule has 1 aromatic heterocycles. The van der Waals surface area contributed by atoms with Gasteiger partial charge in [0, 0.05) is 32.7 Å². The summed E-state index contributed by atoms with van der Waals surface area (Å²) in [6, 6.07) is 9.72. The molecule has 2 aliphatic rings. The number of aromatic nitrogens is 2. The van der Waals surface area contributed by atoms with Crippen molar-refractivity contribution in [2.24, 2.45) is 0 Å². The summed E-state index contributed by atoms with van der Waals surface area (Å²) >= 11 is 0. The van der Waals surface area contributed by atoms with Gasteiger partial charge in [0.25, 0.3) is 0 Å². The predicted molar refractivity (Wildman–Crippen MR) is 115 cm³/mol. The van der Waals surface area contributed by atoms with Crippen molar-refractivity contribution in [2.45, 2.75) is 31.2 Å². The van der Waals surface area contributed by atoms with Crippen LogP contribution in [0.2, 0.25) is 0 Å². The third kappa shape index (κ3) is 5.50. The van der Waals surface area contributed by atoms with Crippen LogP contribution in [0.15, 0.2) is 34.9 Å². The minimum atomic E-state index is 0. The van der Waals surface area contributed by atoms with E-state index in [2.05, 4.69) is 27.4 Å². The summed E-state index contributed by atoms with van der Waals surface area (Å²) in [5, 5.41) is 7.61. The van der Waals surface area contributed by atoms with Crippen LogP contribution in [-0.2, 0) is 4.79 Å². The number of carbonyl (C=O) groups excluding carboxylic acids is 1. The number of hydrogen-bond acceptors (Lipinski definition) is 7. The van der Waals surface area contributed by atoms with Crippen LogP contribution in [0.5, 0.6) is 5.75 Å². The molecule has 0 spiro atoms. The van der Waals surface area contributed by atoms with Crippen molar-refractivity contribution in [2.75, 3.05) is 46.4 Å². The molecule has 164 valence electrons. The van der Waals surface area contributed by atoms with Gasteiger partial charge in [-0.05, 0) is 32.0 Å². The number of rotatable bonds is 6. The molecule has 3 heterocycles. The van der Waals surface area contributed by atoms with Crippen LogP contribution >= 0.6 is 12.4 Å². The molecule has 0 aliphatic carbocycles. The van der Waals surface area contributed by atoms with Crippen LogP contribution in [0.4, 0.5) is 0 Å². The molecule has 2 aromatic rings. The van der Waals surface area contributed by atoms with E-state index < -0.39 is 0 Å². The van der Waals surface area contributed by atoms with Gasteiger partial charge in [0.05, 0.1) is 25.0 Å². The number of ether oxygens (including phenoxy) is 1. The number of amides is 1. The zero-order chi connectivity index (χ0) is 20.1. The number of nitrogens with one attached hydrogen (secondary N) is 1. The molecular formula is C21H30ClN5O3. The molecule has 2 atom stereocenters. The first-order valence-corrected chi connectivity index (χ1v) is 10.4. The van der Waals surface area contributed by atoms with Crippen LogP contribution in [0.1, 0.15) is 42.9 Å². The molecule has 0 saturated carbocycles. The van der Waals surface area contributed by atoms with Crippen molar-refractivity contribution in [3.05, 3.63) is 42.0 Å². The van der Waals surface area contributed by atoms with Gasteiger partial charge in [0.15, 0.2) is 5.82 Å². The highest BCUT2D eigenvalue weighted by molar-refractivity contribution is 5.85. The summed E-state index contributed by atoms with van der Waals surface area (Å²) in [4.78, 5) is 21.5. The highest BCUT2D eigenvalue weighted by Crippen LogP contribution is 2.28. The van der Waals surface area contributed by atoms with E-state index in [1.54, 1.807) is 0 Å². The summed E-state index contributed by atoms with van der Waals surface area (Å²) in [6.07, 6.45) is 2.28. The van der Waals surface area contributed by atoms with Crippen molar-refractivity contribution in [1.29, 1.82) is 0 Å². The van der Waals surface area contributed by atoms with Gasteiger partial charge in [-0.1, -0.05) is 23.4 Å². The van der Waals surface area contributed by atoms with E-state index in [0.29, 0.717) is 25.5 Å². The Balaban J connectivity index is 0.00000256. The number of likely N-dealkylation sites (tertiary alicyclic amines) is 1. The summed E-state index contributed by atoms with van der Waals surface area (Å²) in [5.41, 5.74) is 0. The number of benzene rings is 1. The third-order valence-electron chi connectivity index (χ3n) is 5.72. The lowest BCUT2D eigenvalue weighted by atomic mass is 9.97. The second kappa shape index (κ2) is 10.7. The van der Waals surface area contributed by atoms with Gasteiger partial charge in [-0.3, -0.25) is 9.69 Å². The summed E-state index contributed by atoms with van der Waals surface area (Å²) in [7, 11) is 2.08. The Bertz CT molecular complexity index is 803. The highest BCUT2D eigenvalue weighted by Gasteiger charge is 2.31. The second-order valence-electron chi connectivity index (χ2n) is 7.78. The smallest absolute Gasteiger partial charge is 0.231 e. The van der Waals surface area contributed by atoms with E-state index in [0.717, 1.165) is 50.6 Å². The van der Waals surface area contributed by atoms with E-state index in [1.807, 2.05) is 35.2 Å². The van der Waals surface area contributed by atoms with Crippen LogP contribution in [-0.4, -0.2) is 72.2 Å². The topological polar surface area (TPSA) is 83.7 Å². The van der Waals surface area contributed by atoms with Crippen LogP contribution < -0.4 is 10.1 Å². The number of piperazine rings is 1. The van der Waals surface area contributed by atoms with Crippen LogP contribution in [0, 0.1) is 0 Å². The predicted octanol–water partition coefficient (Wildman–Crippen LogP) is 2.24. The quantitative estimate of drug-likeness (QED) is 0.744. The number of carbonyl (C=O) groups is 1. The molecule has 0 bridgehead atoms. The molecule has 2 unspecified atom stereocenters. The average molecular weight is 436 g/mol. The van der Waals surface area contributed by atoms with Crippen molar-refractivity contribution in [1.82, 2.24) is 25.3 Å². The molecule has 2 saturated heterocycles. The minimum absolute atomic E-state index is 0. The van der Waals surface area contributed by atoms with Gasteiger partial charge in [-0.2, -0.15) is 4.98 Å². The lowest BCUT2D eigenvalue weighted by Gasteiger charge is -2.31. The number of halogens is 1. The van der Waals surface area contributed by atoms with Gasteiger partial charge in [0.1, 0.15) is 5.75 Å². The molecule has 0 radical (unpaired) electrons. The Kier molecular flexibility index (Phi) is 8.07. The summed E-state index contributed by atoms with van der Waals surface area (Å²) in [5.74, 6) is 2.39. The van der Waals surface area contributed by atoms with Gasteiger partial charge in [-0.15, -0.1) is 12.4 Å². The Morgan fingerprint density at radius 3 is 2.93 bits per heavy atom. The average Bonchev–Trinajstić information content (AvgIpc) is 3.25. The first-order valence-electron chi connectivity index (χ1n) is 10.4. The monoisotopic (exact) mass is 435 g/mol. The van der Waals surface area contributed by atoms with Gasteiger partial charge in [0.2, 0.25) is 11.8 Å². The molecule has 8 nitrogen and oxygen atoms in total. The molecule has 1 aromatic carbocycles. The Hall–Kier alpha value is -2.16. The Morgan fingerprint density at radius 2 is 2.13 bits per heavy atom. The maximum atomic E-state index is 12.6. The second-order valence-corrected chi connectivity index (χ2v) is 7.78. The molecule has 2 aliphatic heterocycles. The molecule has 30 heavy (non-hydrogen) atoms. The SMILES string of the molecule is CN1CCNCC1c1noc(C2CCCN(C(=O)CCOc3ccccc3)C2)n1.Cl. The minimum Gasteiger partial charge on any atom is -0.493 e. The summed E-state index contributed by atoms with van der Waals surface area (Å²) in [6.45, 7) is 4.56. The highest BCUT2D eigenvalue weighted by atomic mass is 35.5. The maximum Gasteiger partial charge on any atom is 0.231 e. The molecule has 1 N–H and O–H groups in total. The van der Waals surface area contributed by atoms with E-state index in [9.17, 15) is 4.79 Å². The third-order valence-corrected chi connectivity index (χ3v) is 5.72. The first kappa shape index (κ1) is 22.5. The lowest BCUT2D eigenvalue weighted by molar-refractivity contribution is -0.133. The van der Waals surface area contributed by atoms with E-state index >= 15 is 0 Å². The summed E-state index contributed by atoms with van der Waals surface area (Å²) < 4.78 is 11.3. The molecule has 4 rings (SSSR count). The number of piperidine rings is 1. The first-order chi connectivity index (χ1) is 14.2. The fourth-order valence-electron chi connectivity index (χ4n) is 3.98. The number of nitrogens with zero attached hydrogens (tertiary/aromatic N) is 4. The Morgan fingerprint density at radius 1 is 1.30 bits per heavy atom. The molecule has 9 heteroatoms. The van der Waals surface area contributed by atoms with Gasteiger partial charge < -0.3 is 19.5 Å². The van der Waals surface area contributed by atoms with Crippen molar-refractivity contribution in [3.8, 4) is 5.75 Å². The van der Waals surface area contributed by atoms with E-state index in [4.69, 9.17) is 9.26 Å². The number of para-hydroxylation sites is 1. The van der Waals surface area contributed by atoms with Crippen molar-refractivity contribution >= 4 is 18.3 Å². The van der Waals surface area contributed by atoms with Gasteiger partial charge in [-0.25, -0.2) is 0 Å². The lowest BCUT2D eigenvalue weighted by Crippen LogP contribution is -2.44. The fraction of sp³-hybridized carbons (Fsp3) is 0.571.